The summed E-state index contributed by atoms with van der Waals surface area (Å²) in [5, 5.41) is 0. The average Bonchev–Trinajstić information content (AvgIpc) is 2.96. The molecule has 1 aliphatic rings. The maximum atomic E-state index is 11.9. The van der Waals surface area contributed by atoms with E-state index in [9.17, 15) is 4.79 Å². The lowest BCUT2D eigenvalue weighted by atomic mass is 10.2. The van der Waals surface area contributed by atoms with Gasteiger partial charge in [-0.2, -0.15) is 0 Å². The molecule has 5 nitrogen and oxygen atoms in total. The molecule has 106 valence electrons. The predicted molar refractivity (Wildman–Crippen MR) is 73.1 cm³/mol. The number of hydrogen-bond acceptors (Lipinski definition) is 5. The molecule has 1 saturated heterocycles. The molecule has 0 radical (unpaired) electrons. The summed E-state index contributed by atoms with van der Waals surface area (Å²) in [5.74, 6) is 0. The minimum Gasteiger partial charge on any atom is -0.444 e. The van der Waals surface area contributed by atoms with Gasteiger partial charge in [0.1, 0.15) is 5.60 Å². The fourth-order valence-corrected chi connectivity index (χ4v) is 2.38. The summed E-state index contributed by atoms with van der Waals surface area (Å²) in [6.45, 7) is 7.49. The number of likely N-dealkylation sites (tertiary alicyclic amines) is 1. The van der Waals surface area contributed by atoms with E-state index in [2.05, 4.69) is 4.98 Å². The molecular weight excluding hydrogens is 264 g/mol. The number of carbonyl (C=O) groups excluding carboxylic acids is 1. The second kappa shape index (κ2) is 5.88. The van der Waals surface area contributed by atoms with Crippen LogP contribution in [0.3, 0.4) is 0 Å². The number of thiazole rings is 1. The van der Waals surface area contributed by atoms with Gasteiger partial charge in [0.25, 0.3) is 0 Å². The van der Waals surface area contributed by atoms with E-state index in [0.29, 0.717) is 19.7 Å². The van der Waals surface area contributed by atoms with Gasteiger partial charge in [-0.3, -0.25) is 4.98 Å². The van der Waals surface area contributed by atoms with Gasteiger partial charge in [0.05, 0.1) is 29.6 Å². The first-order valence-electron chi connectivity index (χ1n) is 6.41. The molecule has 1 aromatic rings. The van der Waals surface area contributed by atoms with Crippen LogP contribution in [0.1, 0.15) is 32.1 Å². The lowest BCUT2D eigenvalue weighted by Crippen LogP contribution is -2.36. The molecular formula is C13H20N2O3S. The Morgan fingerprint density at radius 1 is 1.58 bits per heavy atom. The Morgan fingerprint density at radius 3 is 3.00 bits per heavy atom. The molecule has 1 aliphatic heterocycles. The normalized spacial score (nSPS) is 19.7. The van der Waals surface area contributed by atoms with Gasteiger partial charge in [-0.1, -0.05) is 0 Å². The molecule has 19 heavy (non-hydrogen) atoms. The van der Waals surface area contributed by atoms with Crippen molar-refractivity contribution in [3.63, 3.8) is 0 Å². The third-order valence-corrected chi connectivity index (χ3v) is 3.49. The van der Waals surface area contributed by atoms with E-state index < -0.39 is 5.60 Å². The molecule has 0 spiro atoms. The lowest BCUT2D eigenvalue weighted by Gasteiger charge is -2.24. The summed E-state index contributed by atoms with van der Waals surface area (Å²) in [5.41, 5.74) is 1.35. The maximum Gasteiger partial charge on any atom is 0.410 e. The number of nitrogens with zero attached hydrogens (tertiary/aromatic N) is 2. The van der Waals surface area contributed by atoms with Crippen LogP contribution in [-0.4, -0.2) is 40.8 Å². The molecule has 1 fully saturated rings. The van der Waals surface area contributed by atoms with Gasteiger partial charge in [0, 0.05) is 12.7 Å². The minimum absolute atomic E-state index is 0.0922. The molecule has 1 aromatic heterocycles. The Morgan fingerprint density at radius 2 is 2.37 bits per heavy atom. The molecule has 0 aromatic carbocycles. The third kappa shape index (κ3) is 4.47. The third-order valence-electron chi connectivity index (χ3n) is 2.74. The highest BCUT2D eigenvalue weighted by Crippen LogP contribution is 2.18. The zero-order valence-corrected chi connectivity index (χ0v) is 12.4. The Labute approximate surface area is 117 Å². The van der Waals surface area contributed by atoms with Gasteiger partial charge in [0.2, 0.25) is 0 Å². The number of ether oxygens (including phenoxy) is 2. The molecule has 1 atom stereocenters. The van der Waals surface area contributed by atoms with Crippen LogP contribution >= 0.6 is 11.3 Å². The van der Waals surface area contributed by atoms with E-state index in [1.807, 2.05) is 27.0 Å². The van der Waals surface area contributed by atoms with E-state index in [1.165, 1.54) is 0 Å². The first-order valence-corrected chi connectivity index (χ1v) is 7.29. The minimum atomic E-state index is -0.446. The molecule has 0 bridgehead atoms. The summed E-state index contributed by atoms with van der Waals surface area (Å²) in [6.07, 6.45) is 2.51. The zero-order valence-electron chi connectivity index (χ0n) is 11.6. The molecule has 2 rings (SSSR count). The van der Waals surface area contributed by atoms with Gasteiger partial charge in [-0.25, -0.2) is 4.79 Å². The van der Waals surface area contributed by atoms with Crippen molar-refractivity contribution in [3.8, 4) is 0 Å². The van der Waals surface area contributed by atoms with Gasteiger partial charge < -0.3 is 14.4 Å². The van der Waals surface area contributed by atoms with E-state index in [0.717, 1.165) is 11.3 Å². The summed E-state index contributed by atoms with van der Waals surface area (Å²) in [7, 11) is 0. The number of rotatable bonds is 3. The Kier molecular flexibility index (Phi) is 4.42. The second-order valence-electron chi connectivity index (χ2n) is 5.62. The van der Waals surface area contributed by atoms with E-state index >= 15 is 0 Å². The van der Waals surface area contributed by atoms with E-state index in [1.54, 1.807) is 21.7 Å². The smallest absolute Gasteiger partial charge is 0.410 e. The zero-order chi connectivity index (χ0) is 13.9. The van der Waals surface area contributed by atoms with Crippen LogP contribution in [0.25, 0.3) is 0 Å². The van der Waals surface area contributed by atoms with Crippen molar-refractivity contribution >= 4 is 17.4 Å². The molecule has 1 amide bonds. The Hall–Kier alpha value is -1.14. The van der Waals surface area contributed by atoms with Crippen LogP contribution in [0.4, 0.5) is 4.79 Å². The fourth-order valence-electron chi connectivity index (χ4n) is 1.87. The van der Waals surface area contributed by atoms with Crippen molar-refractivity contribution < 1.29 is 14.3 Å². The van der Waals surface area contributed by atoms with Crippen molar-refractivity contribution in [1.29, 1.82) is 0 Å². The van der Waals surface area contributed by atoms with Crippen molar-refractivity contribution in [3.05, 3.63) is 16.6 Å². The number of carbonyl (C=O) groups is 1. The number of hydrogen-bond donors (Lipinski definition) is 0. The van der Waals surface area contributed by atoms with Gasteiger partial charge in [-0.05, 0) is 27.2 Å². The van der Waals surface area contributed by atoms with Gasteiger partial charge >= 0.3 is 6.09 Å². The summed E-state index contributed by atoms with van der Waals surface area (Å²) in [4.78, 5) is 18.7. The van der Waals surface area contributed by atoms with Crippen LogP contribution in [0.15, 0.2) is 11.7 Å². The van der Waals surface area contributed by atoms with Crippen molar-refractivity contribution in [2.24, 2.45) is 0 Å². The standard InChI is InChI=1S/C13H20N2O3S/c1-13(2,3)18-12(16)15-5-4-10(7-15)17-8-11-6-14-9-19-11/h6,9-10H,4-5,7-8H2,1-3H3. The van der Waals surface area contributed by atoms with Gasteiger partial charge in [-0.15, -0.1) is 11.3 Å². The fraction of sp³-hybridized carbons (Fsp3) is 0.692. The van der Waals surface area contributed by atoms with E-state index in [4.69, 9.17) is 9.47 Å². The van der Waals surface area contributed by atoms with Gasteiger partial charge in [0.15, 0.2) is 0 Å². The largest absolute Gasteiger partial charge is 0.444 e. The topological polar surface area (TPSA) is 51.7 Å². The molecule has 0 aliphatic carbocycles. The molecule has 0 N–H and O–H groups in total. The molecule has 0 saturated carbocycles. The average molecular weight is 284 g/mol. The maximum absolute atomic E-state index is 11.9. The summed E-state index contributed by atoms with van der Waals surface area (Å²) in [6, 6.07) is 0. The van der Waals surface area contributed by atoms with Crippen LogP contribution in [0, 0.1) is 0 Å². The number of amides is 1. The van der Waals surface area contributed by atoms with Crippen LogP contribution in [0.5, 0.6) is 0 Å². The first-order chi connectivity index (χ1) is 8.94. The van der Waals surface area contributed by atoms with E-state index in [-0.39, 0.29) is 12.2 Å². The predicted octanol–water partition coefficient (Wildman–Crippen LogP) is 2.67. The van der Waals surface area contributed by atoms with Crippen LogP contribution < -0.4 is 0 Å². The monoisotopic (exact) mass is 284 g/mol. The van der Waals surface area contributed by atoms with Crippen molar-refractivity contribution in [2.45, 2.75) is 45.5 Å². The van der Waals surface area contributed by atoms with Crippen molar-refractivity contribution in [2.75, 3.05) is 13.1 Å². The first kappa shape index (κ1) is 14.3. The summed E-state index contributed by atoms with van der Waals surface area (Å²) < 4.78 is 11.1. The quantitative estimate of drug-likeness (QED) is 0.856. The highest BCUT2D eigenvalue weighted by Gasteiger charge is 2.30. The number of aromatic nitrogens is 1. The highest BCUT2D eigenvalue weighted by molar-refractivity contribution is 7.09. The second-order valence-corrected chi connectivity index (χ2v) is 6.59. The Bertz CT molecular complexity index is 414. The molecule has 6 heteroatoms. The molecule has 2 heterocycles. The SMILES string of the molecule is CC(C)(C)OC(=O)N1CCC(OCc2cncs2)C1. The molecule has 1 unspecified atom stereocenters. The van der Waals surface area contributed by atoms with Crippen molar-refractivity contribution in [1.82, 2.24) is 9.88 Å². The highest BCUT2D eigenvalue weighted by atomic mass is 32.1. The Balaban J connectivity index is 1.75. The summed E-state index contributed by atoms with van der Waals surface area (Å²) >= 11 is 1.58. The van der Waals surface area contributed by atoms with Crippen LogP contribution in [0.2, 0.25) is 0 Å². The lowest BCUT2D eigenvalue weighted by molar-refractivity contribution is 0.0187. The van der Waals surface area contributed by atoms with Crippen LogP contribution in [-0.2, 0) is 16.1 Å².